The molecule has 1 N–H and O–H groups in total. The fourth-order valence-electron chi connectivity index (χ4n) is 5.61. The Hall–Kier alpha value is -2.55. The van der Waals surface area contributed by atoms with Crippen LogP contribution < -0.4 is 10.1 Å². The van der Waals surface area contributed by atoms with Crippen molar-refractivity contribution in [1.29, 1.82) is 0 Å². The molecular formula is C24H29F2N3O4. The molecule has 7 nitrogen and oxygen atoms in total. The normalized spacial score (nSPS) is 30.2. The summed E-state index contributed by atoms with van der Waals surface area (Å²) >= 11 is 0. The summed E-state index contributed by atoms with van der Waals surface area (Å²) in [5.74, 6) is -2.86. The molecule has 3 amide bonds. The molecule has 1 saturated carbocycles. The van der Waals surface area contributed by atoms with Crippen LogP contribution in [0.15, 0.2) is 18.2 Å². The number of nitrogens with one attached hydrogen (secondary N) is 1. The molecule has 1 aromatic carbocycles. The van der Waals surface area contributed by atoms with Gasteiger partial charge in [-0.3, -0.25) is 24.6 Å². The summed E-state index contributed by atoms with van der Waals surface area (Å²) < 4.78 is 33.6. The molecule has 3 aliphatic heterocycles. The highest BCUT2D eigenvalue weighted by Crippen LogP contribution is 2.35. The van der Waals surface area contributed by atoms with Crippen molar-refractivity contribution < 1.29 is 27.9 Å². The summed E-state index contributed by atoms with van der Waals surface area (Å²) in [7, 11) is 0. The van der Waals surface area contributed by atoms with Gasteiger partial charge < -0.3 is 9.64 Å². The zero-order valence-electron chi connectivity index (χ0n) is 18.5. The maximum Gasteiger partial charge on any atom is 0.255 e. The largest absolute Gasteiger partial charge is 0.489 e. The average molecular weight is 462 g/mol. The lowest BCUT2D eigenvalue weighted by Crippen LogP contribution is -2.52. The number of carbonyl (C=O) groups excluding carboxylic acids is 3. The van der Waals surface area contributed by atoms with Crippen LogP contribution in [0.1, 0.15) is 67.3 Å². The summed E-state index contributed by atoms with van der Waals surface area (Å²) in [6.07, 6.45) is 4.17. The second kappa shape index (κ2) is 8.66. The zero-order valence-corrected chi connectivity index (χ0v) is 18.5. The molecule has 0 aromatic heterocycles. The van der Waals surface area contributed by atoms with E-state index in [2.05, 4.69) is 10.2 Å². The van der Waals surface area contributed by atoms with Crippen molar-refractivity contribution in [2.24, 2.45) is 0 Å². The van der Waals surface area contributed by atoms with E-state index in [9.17, 15) is 23.2 Å². The summed E-state index contributed by atoms with van der Waals surface area (Å²) in [5, 5.41) is 2.31. The van der Waals surface area contributed by atoms with E-state index in [4.69, 9.17) is 4.74 Å². The van der Waals surface area contributed by atoms with E-state index in [-0.39, 0.29) is 43.2 Å². The lowest BCUT2D eigenvalue weighted by Gasteiger charge is -2.43. The van der Waals surface area contributed by atoms with E-state index in [1.807, 2.05) is 6.07 Å². The van der Waals surface area contributed by atoms with Crippen LogP contribution in [0.4, 0.5) is 8.78 Å². The minimum atomic E-state index is -2.57. The number of piperidine rings is 2. The number of halogens is 2. The van der Waals surface area contributed by atoms with Crippen molar-refractivity contribution in [3.63, 3.8) is 0 Å². The number of amides is 3. The molecule has 33 heavy (non-hydrogen) atoms. The highest BCUT2D eigenvalue weighted by atomic mass is 19.3. The van der Waals surface area contributed by atoms with Crippen LogP contribution in [0.25, 0.3) is 0 Å². The maximum absolute atomic E-state index is 13.6. The lowest BCUT2D eigenvalue weighted by atomic mass is 9.89. The number of nitrogens with zero attached hydrogens (tertiary/aromatic N) is 2. The molecule has 3 fully saturated rings. The minimum Gasteiger partial charge on any atom is -0.489 e. The molecule has 1 aromatic rings. The van der Waals surface area contributed by atoms with Crippen molar-refractivity contribution in [2.45, 2.75) is 82.0 Å². The molecule has 0 unspecified atom stereocenters. The molecular weight excluding hydrogens is 432 g/mol. The first-order valence-corrected chi connectivity index (χ1v) is 11.9. The summed E-state index contributed by atoms with van der Waals surface area (Å²) in [4.78, 5) is 40.3. The first-order chi connectivity index (χ1) is 15.8. The molecule has 5 rings (SSSR count). The monoisotopic (exact) mass is 461 g/mol. The van der Waals surface area contributed by atoms with Gasteiger partial charge in [-0.1, -0.05) is 6.42 Å². The van der Waals surface area contributed by atoms with Gasteiger partial charge in [-0.2, -0.15) is 0 Å². The second-order valence-electron chi connectivity index (χ2n) is 9.62. The van der Waals surface area contributed by atoms with Gasteiger partial charge in [0.05, 0.1) is 0 Å². The van der Waals surface area contributed by atoms with Crippen LogP contribution in [0, 0.1) is 0 Å². The molecule has 0 spiro atoms. The van der Waals surface area contributed by atoms with Crippen molar-refractivity contribution in [2.75, 3.05) is 13.1 Å². The van der Waals surface area contributed by atoms with Crippen LogP contribution in [0.2, 0.25) is 0 Å². The number of hydrogen-bond donors (Lipinski definition) is 1. The second-order valence-corrected chi connectivity index (χ2v) is 9.62. The van der Waals surface area contributed by atoms with Crippen molar-refractivity contribution in [3.05, 3.63) is 29.3 Å². The number of imide groups is 1. The minimum absolute atomic E-state index is 0.0770. The van der Waals surface area contributed by atoms with Gasteiger partial charge in [0.15, 0.2) is 0 Å². The fraction of sp³-hybridized carbons (Fsp3) is 0.625. The van der Waals surface area contributed by atoms with Gasteiger partial charge >= 0.3 is 0 Å². The van der Waals surface area contributed by atoms with Gasteiger partial charge in [-0.15, -0.1) is 0 Å². The smallest absolute Gasteiger partial charge is 0.255 e. The number of hydrogen-bond acceptors (Lipinski definition) is 5. The quantitative estimate of drug-likeness (QED) is 0.698. The van der Waals surface area contributed by atoms with E-state index in [1.165, 1.54) is 4.90 Å². The standard InChI is InChI=1S/C24H29F2N3O4/c25-24(26)9-11-28(12-10-24)18-3-1-2-4-20(18)33-16-5-6-17-15(13-16)14-29(23(17)32)19-7-8-21(30)27-22(19)31/h5-6,13,18-20H,1-4,7-12,14H2,(H,27,30,31)/t18-,19+,20+/m1/s1. The van der Waals surface area contributed by atoms with Gasteiger partial charge in [0.2, 0.25) is 11.8 Å². The molecule has 9 heteroatoms. The van der Waals surface area contributed by atoms with Crippen molar-refractivity contribution >= 4 is 17.7 Å². The maximum atomic E-state index is 13.6. The Labute approximate surface area is 191 Å². The number of carbonyl (C=O) groups is 3. The molecule has 3 heterocycles. The molecule has 1 aliphatic carbocycles. The molecule has 2 saturated heterocycles. The predicted octanol–water partition coefficient (Wildman–Crippen LogP) is 2.87. The lowest BCUT2D eigenvalue weighted by molar-refractivity contribution is -0.136. The average Bonchev–Trinajstić information content (AvgIpc) is 3.10. The van der Waals surface area contributed by atoms with E-state index in [0.717, 1.165) is 31.2 Å². The van der Waals surface area contributed by atoms with Crippen LogP contribution >= 0.6 is 0 Å². The van der Waals surface area contributed by atoms with Gasteiger partial charge in [0, 0.05) is 50.5 Å². The first kappa shape index (κ1) is 22.3. The van der Waals surface area contributed by atoms with Crippen LogP contribution in [0.5, 0.6) is 5.75 Å². The Kier molecular flexibility index (Phi) is 5.84. The summed E-state index contributed by atoms with van der Waals surface area (Å²) in [6, 6.07) is 4.84. The SMILES string of the molecule is O=C1CC[C@H](N2Cc3cc(O[C@H]4CCCC[C@H]4N4CCC(F)(F)CC4)ccc3C2=O)C(=O)N1. The Morgan fingerprint density at radius 3 is 2.55 bits per heavy atom. The number of fused-ring (bicyclic) bond motifs is 1. The Balaban J connectivity index is 1.28. The number of ether oxygens (including phenoxy) is 1. The Bertz CT molecular complexity index is 959. The fourth-order valence-corrected chi connectivity index (χ4v) is 5.61. The first-order valence-electron chi connectivity index (χ1n) is 11.9. The van der Waals surface area contributed by atoms with Gasteiger partial charge in [0.25, 0.3) is 11.8 Å². The van der Waals surface area contributed by atoms with E-state index in [1.54, 1.807) is 12.1 Å². The van der Waals surface area contributed by atoms with Crippen LogP contribution in [0.3, 0.4) is 0 Å². The number of benzene rings is 1. The van der Waals surface area contributed by atoms with Gasteiger partial charge in [-0.25, -0.2) is 8.78 Å². The Morgan fingerprint density at radius 2 is 1.79 bits per heavy atom. The molecule has 3 atom stereocenters. The zero-order chi connectivity index (χ0) is 23.2. The highest BCUT2D eigenvalue weighted by molar-refractivity contribution is 6.05. The molecule has 4 aliphatic rings. The van der Waals surface area contributed by atoms with Crippen molar-refractivity contribution in [3.8, 4) is 5.75 Å². The molecule has 0 bridgehead atoms. The number of alkyl halides is 2. The predicted molar refractivity (Wildman–Crippen MR) is 115 cm³/mol. The third kappa shape index (κ3) is 4.47. The van der Waals surface area contributed by atoms with Crippen LogP contribution in [-0.2, 0) is 16.1 Å². The molecule has 0 radical (unpaired) electrons. The summed E-state index contributed by atoms with van der Waals surface area (Å²) in [5.41, 5.74) is 1.35. The Morgan fingerprint density at radius 1 is 1.03 bits per heavy atom. The number of likely N-dealkylation sites (tertiary alicyclic amines) is 1. The van der Waals surface area contributed by atoms with E-state index < -0.39 is 17.9 Å². The van der Waals surface area contributed by atoms with Gasteiger partial charge in [-0.05, 0) is 49.4 Å². The topological polar surface area (TPSA) is 79.0 Å². The van der Waals surface area contributed by atoms with Crippen LogP contribution in [-0.4, -0.2) is 64.7 Å². The molecule has 178 valence electrons. The third-order valence-corrected chi connectivity index (χ3v) is 7.45. The summed E-state index contributed by atoms with van der Waals surface area (Å²) in [6.45, 7) is 1.07. The van der Waals surface area contributed by atoms with E-state index >= 15 is 0 Å². The van der Waals surface area contributed by atoms with E-state index in [0.29, 0.717) is 37.4 Å². The highest BCUT2D eigenvalue weighted by Gasteiger charge is 2.41. The number of rotatable bonds is 4. The van der Waals surface area contributed by atoms with Crippen molar-refractivity contribution in [1.82, 2.24) is 15.1 Å². The third-order valence-electron chi connectivity index (χ3n) is 7.45. The van der Waals surface area contributed by atoms with Gasteiger partial charge in [0.1, 0.15) is 17.9 Å².